The molecule has 8 heteroatoms. The fourth-order valence-corrected chi connectivity index (χ4v) is 6.26. The maximum atomic E-state index is 14.2. The predicted molar refractivity (Wildman–Crippen MR) is 131 cm³/mol. The van der Waals surface area contributed by atoms with Gasteiger partial charge in [-0.3, -0.25) is 14.4 Å². The molecular formula is C28H34N2O6. The molecule has 4 aliphatic rings. The Bertz CT molecular complexity index is 1070. The number of cyclic esters (lactones) is 1. The van der Waals surface area contributed by atoms with Crippen molar-refractivity contribution >= 4 is 17.8 Å². The minimum atomic E-state index is -1.28. The van der Waals surface area contributed by atoms with Gasteiger partial charge in [-0.15, -0.1) is 0 Å². The summed E-state index contributed by atoms with van der Waals surface area (Å²) in [4.78, 5) is 44.9. The van der Waals surface area contributed by atoms with Crippen molar-refractivity contribution in [3.8, 4) is 0 Å². The van der Waals surface area contributed by atoms with Gasteiger partial charge in [0.1, 0.15) is 17.6 Å². The number of nitrogens with zero attached hydrogens (tertiary/aromatic N) is 2. The predicted octanol–water partition coefficient (Wildman–Crippen LogP) is 2.22. The summed E-state index contributed by atoms with van der Waals surface area (Å²) >= 11 is 0. The second-order valence-electron chi connectivity index (χ2n) is 10.3. The minimum absolute atomic E-state index is 0.00354. The monoisotopic (exact) mass is 494 g/mol. The van der Waals surface area contributed by atoms with E-state index in [0.29, 0.717) is 38.9 Å². The summed E-state index contributed by atoms with van der Waals surface area (Å²) in [7, 11) is 0. The molecule has 4 heterocycles. The highest BCUT2D eigenvalue weighted by atomic mass is 16.6. The van der Waals surface area contributed by atoms with Gasteiger partial charge in [-0.25, -0.2) is 0 Å². The summed E-state index contributed by atoms with van der Waals surface area (Å²) in [5, 5.41) is 9.33. The summed E-state index contributed by atoms with van der Waals surface area (Å²) < 4.78 is 12.3. The third-order valence-electron chi connectivity index (χ3n) is 7.86. The molecule has 5 atom stereocenters. The van der Waals surface area contributed by atoms with E-state index in [1.54, 1.807) is 9.80 Å². The van der Waals surface area contributed by atoms with Crippen molar-refractivity contribution in [3.63, 3.8) is 0 Å². The third-order valence-corrected chi connectivity index (χ3v) is 7.86. The topological polar surface area (TPSA) is 96.4 Å². The van der Waals surface area contributed by atoms with Crippen LogP contribution in [0.1, 0.15) is 38.2 Å². The second kappa shape index (κ2) is 9.82. The molecule has 192 valence electrons. The number of unbranched alkanes of at least 4 members (excludes halogenated alkanes) is 1. The molecule has 0 aromatic heterocycles. The maximum Gasteiger partial charge on any atom is 0.313 e. The lowest BCUT2D eigenvalue weighted by molar-refractivity contribution is -0.159. The molecule has 2 saturated heterocycles. The van der Waals surface area contributed by atoms with Crippen LogP contribution in [0.15, 0.2) is 54.6 Å². The van der Waals surface area contributed by atoms with Gasteiger partial charge in [0.2, 0.25) is 11.8 Å². The van der Waals surface area contributed by atoms with E-state index in [2.05, 4.69) is 0 Å². The lowest BCUT2D eigenvalue weighted by Crippen LogP contribution is -2.55. The third kappa shape index (κ3) is 4.06. The fourth-order valence-electron chi connectivity index (χ4n) is 6.26. The van der Waals surface area contributed by atoms with Gasteiger partial charge in [-0.05, 0) is 38.2 Å². The molecule has 2 fully saturated rings. The highest BCUT2D eigenvalue weighted by Gasteiger charge is 2.74. The van der Waals surface area contributed by atoms with Crippen molar-refractivity contribution in [3.05, 3.63) is 60.2 Å². The first-order valence-corrected chi connectivity index (χ1v) is 12.9. The molecule has 8 nitrogen and oxygen atoms in total. The number of ether oxygens (including phenoxy) is 2. The van der Waals surface area contributed by atoms with Gasteiger partial charge < -0.3 is 24.4 Å². The van der Waals surface area contributed by atoms with Crippen LogP contribution in [0.4, 0.5) is 0 Å². The molecule has 1 unspecified atom stereocenters. The standard InChI is InChI=1S/C28H34N2O6/c1-27-13-6-3-9-18-35-26(34)22(27)21-24(32)30(16-7-8-17-31)23-25(33)29(15-10-14-28(21,23)36-27)19-20-11-4-2-5-12-20/h2,4-6,10-14,21-23,31H,3,7-9,15-19H2,1H3/b13-6-/t21-,22-,23?,27+,28-/m0/s1. The van der Waals surface area contributed by atoms with Crippen molar-refractivity contribution in [1.82, 2.24) is 9.80 Å². The van der Waals surface area contributed by atoms with Crippen LogP contribution in [0.2, 0.25) is 0 Å². The van der Waals surface area contributed by atoms with E-state index in [0.717, 1.165) is 12.0 Å². The number of carbonyl (C=O) groups excluding carboxylic acids is 3. The Kier molecular flexibility index (Phi) is 6.74. The molecule has 0 radical (unpaired) electrons. The number of aliphatic hydroxyl groups excluding tert-OH is 1. The zero-order valence-corrected chi connectivity index (χ0v) is 20.7. The Morgan fingerprint density at radius 3 is 2.61 bits per heavy atom. The average molecular weight is 495 g/mol. The molecule has 0 bridgehead atoms. The number of likely N-dealkylation sites (tertiary alicyclic amines) is 1. The zero-order chi connectivity index (χ0) is 25.3. The Morgan fingerprint density at radius 2 is 1.83 bits per heavy atom. The Labute approximate surface area is 211 Å². The van der Waals surface area contributed by atoms with E-state index in [4.69, 9.17) is 9.47 Å². The van der Waals surface area contributed by atoms with Crippen LogP contribution in [0.5, 0.6) is 0 Å². The molecular weight excluding hydrogens is 460 g/mol. The fraction of sp³-hybridized carbons (Fsp3) is 0.536. The first-order valence-electron chi connectivity index (χ1n) is 12.9. The summed E-state index contributed by atoms with van der Waals surface area (Å²) in [5.74, 6) is -2.65. The number of aliphatic hydroxyl groups is 1. The van der Waals surface area contributed by atoms with Gasteiger partial charge in [0.25, 0.3) is 0 Å². The first kappa shape index (κ1) is 24.7. The van der Waals surface area contributed by atoms with Crippen LogP contribution >= 0.6 is 0 Å². The molecule has 0 aliphatic carbocycles. The van der Waals surface area contributed by atoms with Gasteiger partial charge in [-0.1, -0.05) is 54.6 Å². The van der Waals surface area contributed by atoms with Crippen molar-refractivity contribution in [1.29, 1.82) is 0 Å². The molecule has 1 aromatic carbocycles. The molecule has 4 aliphatic heterocycles. The molecule has 2 amide bonds. The number of hydrogen-bond acceptors (Lipinski definition) is 6. The highest BCUT2D eigenvalue weighted by Crippen LogP contribution is 2.57. The number of amides is 2. The van der Waals surface area contributed by atoms with E-state index in [1.807, 2.05) is 61.6 Å². The zero-order valence-electron chi connectivity index (χ0n) is 20.7. The quantitative estimate of drug-likeness (QED) is 0.370. The number of benzene rings is 1. The van der Waals surface area contributed by atoms with Crippen LogP contribution < -0.4 is 0 Å². The van der Waals surface area contributed by atoms with E-state index in [-0.39, 0.29) is 25.0 Å². The van der Waals surface area contributed by atoms with Crippen molar-refractivity contribution in [2.75, 3.05) is 26.3 Å². The lowest BCUT2D eigenvalue weighted by atomic mass is 9.74. The van der Waals surface area contributed by atoms with Crippen LogP contribution in [0.25, 0.3) is 0 Å². The summed E-state index contributed by atoms with van der Waals surface area (Å²) in [6.45, 7) is 3.19. The number of fused-ring (bicyclic) bond motifs is 2. The number of allylic oxidation sites excluding steroid dienone is 1. The molecule has 36 heavy (non-hydrogen) atoms. The van der Waals surface area contributed by atoms with E-state index in [1.165, 1.54) is 0 Å². The first-order chi connectivity index (χ1) is 17.4. The highest BCUT2D eigenvalue weighted by molar-refractivity contribution is 5.99. The summed E-state index contributed by atoms with van der Waals surface area (Å²) in [5.41, 5.74) is -1.36. The minimum Gasteiger partial charge on any atom is -0.465 e. The van der Waals surface area contributed by atoms with Gasteiger partial charge in [-0.2, -0.15) is 0 Å². The summed E-state index contributed by atoms with van der Waals surface area (Å²) in [6.07, 6.45) is 10.1. The normalized spacial score (nSPS) is 34.7. The Balaban J connectivity index is 1.57. The van der Waals surface area contributed by atoms with E-state index < -0.39 is 35.0 Å². The Hall–Kier alpha value is -2.97. The molecule has 0 saturated carbocycles. The lowest BCUT2D eigenvalue weighted by Gasteiger charge is -2.37. The number of esters is 1. The van der Waals surface area contributed by atoms with Gasteiger partial charge in [0.15, 0.2) is 0 Å². The SMILES string of the molecule is C[C@@]12/C=C\CCCOC(=O)[C@@H]1[C@H]1C(=O)N(CCCCO)C3C(=O)N(Cc4ccccc4)CC=C[C@@]31O2. The van der Waals surface area contributed by atoms with Crippen LogP contribution in [0.3, 0.4) is 0 Å². The number of rotatable bonds is 6. The van der Waals surface area contributed by atoms with Crippen LogP contribution in [-0.4, -0.2) is 76.2 Å². The molecule has 1 aromatic rings. The van der Waals surface area contributed by atoms with Gasteiger partial charge in [0, 0.05) is 26.2 Å². The average Bonchev–Trinajstić information content (AvgIpc) is 3.21. The smallest absolute Gasteiger partial charge is 0.313 e. The van der Waals surface area contributed by atoms with Crippen LogP contribution in [0, 0.1) is 11.8 Å². The van der Waals surface area contributed by atoms with Gasteiger partial charge in [0.05, 0.1) is 18.1 Å². The van der Waals surface area contributed by atoms with Crippen molar-refractivity contribution < 1.29 is 29.0 Å². The molecule has 5 rings (SSSR count). The summed E-state index contributed by atoms with van der Waals surface area (Å²) in [6, 6.07) is 8.84. The van der Waals surface area contributed by atoms with Crippen molar-refractivity contribution in [2.24, 2.45) is 11.8 Å². The number of carbonyl (C=O) groups is 3. The van der Waals surface area contributed by atoms with E-state index in [9.17, 15) is 19.5 Å². The van der Waals surface area contributed by atoms with Crippen LogP contribution in [-0.2, 0) is 30.4 Å². The number of hydrogen-bond donors (Lipinski definition) is 1. The maximum absolute atomic E-state index is 14.2. The van der Waals surface area contributed by atoms with Gasteiger partial charge >= 0.3 is 5.97 Å². The van der Waals surface area contributed by atoms with Crippen molar-refractivity contribution in [2.45, 2.75) is 56.4 Å². The largest absolute Gasteiger partial charge is 0.465 e. The molecule has 1 N–H and O–H groups in total. The Morgan fingerprint density at radius 1 is 1.03 bits per heavy atom. The molecule has 1 spiro atoms. The second-order valence-corrected chi connectivity index (χ2v) is 10.3. The van der Waals surface area contributed by atoms with E-state index >= 15 is 0 Å².